The molecule has 0 saturated carbocycles. The summed E-state index contributed by atoms with van der Waals surface area (Å²) in [5, 5.41) is 6.67. The minimum atomic E-state index is 0.494. The highest BCUT2D eigenvalue weighted by Gasteiger charge is 2.04. The number of methoxy groups -OCH3 is 1. The third-order valence-corrected chi connectivity index (χ3v) is 3.76. The Labute approximate surface area is 158 Å². The zero-order chi connectivity index (χ0) is 19.0. The molecular formula is C20H34N4O2. The van der Waals surface area contributed by atoms with E-state index in [0.29, 0.717) is 13.2 Å². The predicted octanol–water partition coefficient (Wildman–Crippen LogP) is 2.27. The van der Waals surface area contributed by atoms with Gasteiger partial charge in [0.05, 0.1) is 6.54 Å². The number of nitrogens with one attached hydrogen (secondary N) is 2. The van der Waals surface area contributed by atoms with Gasteiger partial charge < -0.3 is 25.0 Å². The molecule has 146 valence electrons. The second-order valence-electron chi connectivity index (χ2n) is 5.98. The van der Waals surface area contributed by atoms with Crippen molar-refractivity contribution in [3.63, 3.8) is 0 Å². The molecule has 0 radical (unpaired) electrons. The van der Waals surface area contributed by atoms with Crippen LogP contribution in [0.1, 0.15) is 18.9 Å². The van der Waals surface area contributed by atoms with Crippen molar-refractivity contribution < 1.29 is 9.47 Å². The highest BCUT2D eigenvalue weighted by Crippen LogP contribution is 2.18. The highest BCUT2D eigenvalue weighted by molar-refractivity contribution is 5.79. The molecule has 0 unspecified atom stereocenters. The first-order valence-corrected chi connectivity index (χ1v) is 9.22. The molecule has 26 heavy (non-hydrogen) atoms. The Morgan fingerprint density at radius 1 is 1.27 bits per heavy atom. The van der Waals surface area contributed by atoms with Gasteiger partial charge in [-0.3, -0.25) is 0 Å². The molecule has 0 aromatic heterocycles. The van der Waals surface area contributed by atoms with Crippen molar-refractivity contribution >= 4 is 5.96 Å². The van der Waals surface area contributed by atoms with Gasteiger partial charge >= 0.3 is 0 Å². The molecule has 0 aliphatic carbocycles. The molecule has 1 aromatic carbocycles. The summed E-state index contributed by atoms with van der Waals surface area (Å²) >= 11 is 0. The summed E-state index contributed by atoms with van der Waals surface area (Å²) in [6, 6.07) is 7.97. The van der Waals surface area contributed by atoms with E-state index in [-0.39, 0.29) is 0 Å². The van der Waals surface area contributed by atoms with Crippen molar-refractivity contribution in [2.45, 2.75) is 19.9 Å². The Kier molecular flexibility index (Phi) is 12.0. The van der Waals surface area contributed by atoms with Gasteiger partial charge in [0, 0.05) is 45.5 Å². The molecule has 0 aliphatic rings. The van der Waals surface area contributed by atoms with E-state index in [4.69, 9.17) is 9.47 Å². The quantitative estimate of drug-likeness (QED) is 0.244. The van der Waals surface area contributed by atoms with Gasteiger partial charge in [0.2, 0.25) is 0 Å². The zero-order valence-corrected chi connectivity index (χ0v) is 16.5. The van der Waals surface area contributed by atoms with E-state index in [9.17, 15) is 0 Å². The topological polar surface area (TPSA) is 58.1 Å². The van der Waals surface area contributed by atoms with Crippen molar-refractivity contribution in [3.05, 3.63) is 42.5 Å². The number of rotatable bonds is 13. The van der Waals surface area contributed by atoms with Crippen molar-refractivity contribution in [1.82, 2.24) is 15.5 Å². The van der Waals surface area contributed by atoms with E-state index in [1.165, 1.54) is 0 Å². The fourth-order valence-corrected chi connectivity index (χ4v) is 2.39. The van der Waals surface area contributed by atoms with Crippen LogP contribution in [0.25, 0.3) is 0 Å². The molecule has 0 atom stereocenters. The van der Waals surface area contributed by atoms with Crippen LogP contribution >= 0.6 is 0 Å². The summed E-state index contributed by atoms with van der Waals surface area (Å²) in [6.07, 6.45) is 2.79. The Morgan fingerprint density at radius 2 is 2.08 bits per heavy atom. The van der Waals surface area contributed by atoms with Crippen molar-refractivity contribution in [3.8, 4) is 5.75 Å². The van der Waals surface area contributed by atoms with Crippen LogP contribution in [0.15, 0.2) is 41.9 Å². The van der Waals surface area contributed by atoms with Gasteiger partial charge in [0.15, 0.2) is 5.96 Å². The molecule has 1 rings (SSSR count). The van der Waals surface area contributed by atoms with Gasteiger partial charge in [-0.15, -0.1) is 0 Å². The van der Waals surface area contributed by atoms with Crippen LogP contribution < -0.4 is 15.4 Å². The Hall–Kier alpha value is -2.05. The standard InChI is InChI=1S/C20H34N4O2/c1-5-15-26-19-11-8-7-10-18(19)17-23-20(21-6-2)22-12-14-24(3)13-9-16-25-4/h5,7-8,10-11H,1,6,9,12-17H2,2-4H3,(H2,21,22,23). The molecule has 0 fully saturated rings. The number of hydrogen-bond acceptors (Lipinski definition) is 4. The molecule has 0 aliphatic heterocycles. The minimum absolute atomic E-state index is 0.494. The number of ether oxygens (including phenoxy) is 2. The van der Waals surface area contributed by atoms with Gasteiger partial charge in [-0.1, -0.05) is 30.9 Å². The predicted molar refractivity (Wildman–Crippen MR) is 109 cm³/mol. The fraction of sp³-hybridized carbons (Fsp3) is 0.550. The maximum atomic E-state index is 5.69. The highest BCUT2D eigenvalue weighted by atomic mass is 16.5. The monoisotopic (exact) mass is 362 g/mol. The van der Waals surface area contributed by atoms with Crippen LogP contribution in [-0.2, 0) is 11.3 Å². The maximum Gasteiger partial charge on any atom is 0.191 e. The number of aliphatic imine (C=N–C) groups is 1. The smallest absolute Gasteiger partial charge is 0.191 e. The molecule has 0 spiro atoms. The van der Waals surface area contributed by atoms with Crippen LogP contribution in [0.5, 0.6) is 5.75 Å². The summed E-state index contributed by atoms with van der Waals surface area (Å²) in [7, 11) is 3.86. The Balaban J connectivity index is 2.52. The van der Waals surface area contributed by atoms with E-state index in [1.54, 1.807) is 13.2 Å². The summed E-state index contributed by atoms with van der Waals surface area (Å²) in [4.78, 5) is 6.96. The first kappa shape index (κ1) is 22.0. The lowest BCUT2D eigenvalue weighted by molar-refractivity contribution is 0.180. The van der Waals surface area contributed by atoms with Crippen LogP contribution in [0.4, 0.5) is 0 Å². The first-order chi connectivity index (χ1) is 12.7. The second-order valence-corrected chi connectivity index (χ2v) is 5.98. The minimum Gasteiger partial charge on any atom is -0.489 e. The fourth-order valence-electron chi connectivity index (χ4n) is 2.39. The van der Waals surface area contributed by atoms with Crippen LogP contribution in [0, 0.1) is 0 Å². The van der Waals surface area contributed by atoms with Gasteiger partial charge in [-0.2, -0.15) is 0 Å². The molecule has 0 bridgehead atoms. The van der Waals surface area contributed by atoms with Crippen LogP contribution in [0.2, 0.25) is 0 Å². The molecule has 1 aromatic rings. The second kappa shape index (κ2) is 14.2. The summed E-state index contributed by atoms with van der Waals surface area (Å²) in [5.41, 5.74) is 1.06. The van der Waals surface area contributed by atoms with E-state index in [0.717, 1.165) is 56.5 Å². The third kappa shape index (κ3) is 9.44. The van der Waals surface area contributed by atoms with E-state index in [1.807, 2.05) is 24.3 Å². The first-order valence-electron chi connectivity index (χ1n) is 9.22. The van der Waals surface area contributed by atoms with Gasteiger partial charge in [0.25, 0.3) is 0 Å². The molecule has 6 nitrogen and oxygen atoms in total. The summed E-state index contributed by atoms with van der Waals surface area (Å²) < 4.78 is 10.8. The number of benzene rings is 1. The van der Waals surface area contributed by atoms with Gasteiger partial charge in [0.1, 0.15) is 12.4 Å². The zero-order valence-electron chi connectivity index (χ0n) is 16.5. The molecular weight excluding hydrogens is 328 g/mol. The summed E-state index contributed by atoms with van der Waals surface area (Å²) in [5.74, 6) is 1.67. The number of nitrogens with zero attached hydrogens (tertiary/aromatic N) is 2. The third-order valence-electron chi connectivity index (χ3n) is 3.76. The van der Waals surface area contributed by atoms with Crippen LogP contribution in [-0.4, -0.2) is 64.4 Å². The Morgan fingerprint density at radius 3 is 2.81 bits per heavy atom. The lowest BCUT2D eigenvalue weighted by atomic mass is 10.2. The van der Waals surface area contributed by atoms with E-state index < -0.39 is 0 Å². The number of likely N-dealkylation sites (N-methyl/N-ethyl adjacent to an activating group) is 1. The average Bonchev–Trinajstić information content (AvgIpc) is 2.65. The lowest BCUT2D eigenvalue weighted by Crippen LogP contribution is -2.41. The molecule has 6 heteroatoms. The van der Waals surface area contributed by atoms with Gasteiger partial charge in [-0.05, 0) is 26.5 Å². The van der Waals surface area contributed by atoms with Crippen molar-refractivity contribution in [2.75, 3.05) is 53.6 Å². The van der Waals surface area contributed by atoms with Gasteiger partial charge in [-0.25, -0.2) is 4.99 Å². The molecule has 0 amide bonds. The normalized spacial score (nSPS) is 11.5. The van der Waals surface area contributed by atoms with Crippen molar-refractivity contribution in [2.24, 2.45) is 4.99 Å². The van der Waals surface area contributed by atoms with E-state index in [2.05, 4.69) is 41.1 Å². The molecule has 0 saturated heterocycles. The number of hydrogen-bond donors (Lipinski definition) is 2. The van der Waals surface area contributed by atoms with Crippen molar-refractivity contribution in [1.29, 1.82) is 0 Å². The summed E-state index contributed by atoms with van der Waals surface area (Å²) in [6.45, 7) is 11.3. The largest absolute Gasteiger partial charge is 0.489 e. The number of guanidine groups is 1. The maximum absolute atomic E-state index is 5.69. The Bertz CT molecular complexity index is 534. The molecule has 2 N–H and O–H groups in total. The van der Waals surface area contributed by atoms with E-state index >= 15 is 0 Å². The van der Waals surface area contributed by atoms with Crippen LogP contribution in [0.3, 0.4) is 0 Å². The lowest BCUT2D eigenvalue weighted by Gasteiger charge is -2.18. The SMILES string of the molecule is C=CCOc1ccccc1CN=C(NCC)NCCN(C)CCCOC. The molecule has 0 heterocycles. The number of para-hydroxylation sites is 1. The average molecular weight is 363 g/mol.